The summed E-state index contributed by atoms with van der Waals surface area (Å²) < 4.78 is 0. The second-order valence-electron chi connectivity index (χ2n) is 12.0. The predicted octanol–water partition coefficient (Wildman–Crippen LogP) is 10.8. The number of fused-ring (bicyclic) bond motifs is 1. The fraction of sp³-hybridized carbons (Fsp3) is 0.125. The van der Waals surface area contributed by atoms with Crippen LogP contribution in [-0.2, 0) is 5.41 Å². The van der Waals surface area contributed by atoms with E-state index in [1.807, 2.05) is 48.5 Å². The summed E-state index contributed by atoms with van der Waals surface area (Å²) in [7, 11) is 0. The maximum atomic E-state index is 15.2. The molecule has 0 saturated heterocycles. The highest BCUT2D eigenvalue weighted by Crippen LogP contribution is 2.63. The number of carbonyl (C=O) groups is 1. The number of benzene rings is 5. The lowest BCUT2D eigenvalue weighted by atomic mass is 9.57. The molecule has 44 heavy (non-hydrogen) atoms. The Labute approximate surface area is 268 Å². The zero-order valence-electron chi connectivity index (χ0n) is 24.5. The average molecular weight is 613 g/mol. The number of ketones is 1. The van der Waals surface area contributed by atoms with Crippen molar-refractivity contribution < 1.29 is 4.79 Å². The summed E-state index contributed by atoms with van der Waals surface area (Å²) in [6.45, 7) is 4.56. The van der Waals surface area contributed by atoms with Crippen LogP contribution >= 0.6 is 23.2 Å². The van der Waals surface area contributed by atoms with Gasteiger partial charge in [0.2, 0.25) is 0 Å². The Balaban J connectivity index is 1.60. The van der Waals surface area contributed by atoms with Gasteiger partial charge in [0.1, 0.15) is 0 Å². The first-order chi connectivity index (χ1) is 21.3. The third-order valence-electron chi connectivity index (χ3n) is 9.32. The van der Waals surface area contributed by atoms with Gasteiger partial charge in [0.25, 0.3) is 0 Å². The summed E-state index contributed by atoms with van der Waals surface area (Å²) in [4.78, 5) is 17.6. The van der Waals surface area contributed by atoms with E-state index < -0.39 is 16.9 Å². The van der Waals surface area contributed by atoms with Gasteiger partial charge >= 0.3 is 0 Å². The Morgan fingerprint density at radius 1 is 0.659 bits per heavy atom. The third-order valence-corrected chi connectivity index (χ3v) is 9.82. The molecule has 0 aromatic heterocycles. The molecule has 0 fully saturated rings. The highest BCUT2D eigenvalue weighted by molar-refractivity contribution is 6.31. The Morgan fingerprint density at radius 3 is 1.89 bits per heavy atom. The van der Waals surface area contributed by atoms with E-state index >= 15 is 4.79 Å². The average Bonchev–Trinajstić information content (AvgIpc) is 3.24. The summed E-state index contributed by atoms with van der Waals surface area (Å²) in [5.74, 6) is -0.519. The van der Waals surface area contributed by atoms with Crippen LogP contribution in [0.1, 0.15) is 40.9 Å². The van der Waals surface area contributed by atoms with Crippen LogP contribution in [0.15, 0.2) is 146 Å². The lowest BCUT2D eigenvalue weighted by Crippen LogP contribution is -2.61. The molecular formula is C40H31Cl2NO. The van der Waals surface area contributed by atoms with Crippen molar-refractivity contribution in [2.24, 2.45) is 5.92 Å². The maximum Gasteiger partial charge on any atom is 0.173 e. The van der Waals surface area contributed by atoms with Crippen LogP contribution < -0.4 is 4.90 Å². The number of Topliss-reactive ketones (excluding diaryl/α,β-unsaturated/α-hetero) is 1. The molecule has 2 nitrogen and oxygen atoms in total. The van der Waals surface area contributed by atoms with Crippen LogP contribution in [0.2, 0.25) is 10.0 Å². The summed E-state index contributed by atoms with van der Waals surface area (Å²) in [6, 6.07) is 44.6. The van der Waals surface area contributed by atoms with Crippen molar-refractivity contribution in [3.05, 3.63) is 178 Å². The van der Waals surface area contributed by atoms with Crippen molar-refractivity contribution in [1.82, 2.24) is 0 Å². The van der Waals surface area contributed by atoms with Crippen LogP contribution in [0, 0.1) is 5.92 Å². The lowest BCUT2D eigenvalue weighted by molar-refractivity contribution is 0.0888. The van der Waals surface area contributed by atoms with Gasteiger partial charge in [0.15, 0.2) is 5.78 Å². The number of halogens is 2. The van der Waals surface area contributed by atoms with Crippen LogP contribution in [-0.4, -0.2) is 11.3 Å². The van der Waals surface area contributed by atoms with E-state index in [4.69, 9.17) is 23.2 Å². The minimum absolute atomic E-state index is 0.0463. The number of hydrogen-bond donors (Lipinski definition) is 0. The number of rotatable bonds is 5. The SMILES string of the molecule is CC1(C)c2ccccc2N(c2ccccc2)[C@]12C=C(c1ccc(Cl)cc1)C=C(c1ccccc1)[C@@H]2C(=O)c1ccc(Cl)cc1. The summed E-state index contributed by atoms with van der Waals surface area (Å²) >= 11 is 12.7. The van der Waals surface area contributed by atoms with Crippen LogP contribution in [0.3, 0.4) is 0 Å². The Kier molecular flexibility index (Phi) is 7.08. The van der Waals surface area contributed by atoms with Gasteiger partial charge in [-0.25, -0.2) is 0 Å². The van der Waals surface area contributed by atoms with Gasteiger partial charge < -0.3 is 4.90 Å². The molecule has 0 amide bonds. The van der Waals surface area contributed by atoms with Gasteiger partial charge in [-0.15, -0.1) is 0 Å². The van der Waals surface area contributed by atoms with E-state index in [9.17, 15) is 0 Å². The number of allylic oxidation sites excluding steroid dienone is 2. The number of nitrogens with zero attached hydrogens (tertiary/aromatic N) is 1. The number of hydrogen-bond acceptors (Lipinski definition) is 2. The molecular weight excluding hydrogens is 581 g/mol. The standard InChI is InChI=1S/C40H31Cl2NO/c1-39(2)35-15-9-10-16-36(35)43(33-13-7-4-8-14-33)40(39)26-30(27-17-21-31(41)22-18-27)25-34(28-11-5-3-6-12-28)37(40)38(44)29-19-23-32(42)24-20-29/h3-26,37H,1-2H3/t37-,40+/m1/s1. The van der Waals surface area contributed by atoms with E-state index in [-0.39, 0.29) is 5.78 Å². The Morgan fingerprint density at radius 2 is 1.23 bits per heavy atom. The maximum absolute atomic E-state index is 15.2. The summed E-state index contributed by atoms with van der Waals surface area (Å²) in [5.41, 5.74) is 6.68. The van der Waals surface area contributed by atoms with Crippen LogP contribution in [0.25, 0.3) is 11.1 Å². The van der Waals surface area contributed by atoms with Gasteiger partial charge in [-0.1, -0.05) is 116 Å². The number of para-hydroxylation sites is 2. The highest BCUT2D eigenvalue weighted by Gasteiger charge is 2.63. The summed E-state index contributed by atoms with van der Waals surface area (Å²) in [6.07, 6.45) is 4.54. The smallest absolute Gasteiger partial charge is 0.173 e. The van der Waals surface area contributed by atoms with E-state index in [2.05, 4.69) is 104 Å². The molecule has 216 valence electrons. The topological polar surface area (TPSA) is 20.3 Å². The molecule has 2 aliphatic rings. The molecule has 0 bridgehead atoms. The van der Waals surface area contributed by atoms with Gasteiger partial charge in [-0.05, 0) is 94.6 Å². The second kappa shape index (κ2) is 11.0. The largest absolute Gasteiger partial charge is 0.330 e. The molecule has 0 unspecified atom stereocenters. The van der Waals surface area contributed by atoms with Gasteiger partial charge in [0.05, 0.1) is 11.5 Å². The van der Waals surface area contributed by atoms with E-state index in [1.165, 1.54) is 5.56 Å². The predicted molar refractivity (Wildman–Crippen MR) is 184 cm³/mol. The molecule has 5 aromatic carbocycles. The van der Waals surface area contributed by atoms with Crippen LogP contribution in [0.5, 0.6) is 0 Å². The van der Waals surface area contributed by atoms with Gasteiger partial charge in [0, 0.05) is 32.4 Å². The third kappa shape index (κ3) is 4.44. The Hall–Kier alpha value is -4.37. The quantitative estimate of drug-likeness (QED) is 0.184. The van der Waals surface area contributed by atoms with Crippen molar-refractivity contribution in [3.8, 4) is 0 Å². The minimum Gasteiger partial charge on any atom is -0.330 e. The molecule has 2 atom stereocenters. The fourth-order valence-corrected chi connectivity index (χ4v) is 7.47. The zero-order chi connectivity index (χ0) is 30.5. The molecule has 4 heteroatoms. The first kappa shape index (κ1) is 28.4. The molecule has 0 radical (unpaired) electrons. The van der Waals surface area contributed by atoms with Crippen molar-refractivity contribution >= 4 is 51.5 Å². The molecule has 5 aromatic rings. The highest BCUT2D eigenvalue weighted by atomic mass is 35.5. The molecule has 0 saturated carbocycles. The normalized spacial score (nSPS) is 20.2. The van der Waals surface area contributed by atoms with Crippen molar-refractivity contribution in [3.63, 3.8) is 0 Å². The number of carbonyl (C=O) groups excluding carboxylic acids is 1. The molecule has 7 rings (SSSR count). The fourth-order valence-electron chi connectivity index (χ4n) is 7.22. The molecule has 1 spiro atoms. The van der Waals surface area contributed by atoms with Crippen molar-refractivity contribution in [2.75, 3.05) is 4.90 Å². The van der Waals surface area contributed by atoms with Crippen LogP contribution in [0.4, 0.5) is 11.4 Å². The molecule has 1 heterocycles. The van der Waals surface area contributed by atoms with Gasteiger partial charge in [-0.3, -0.25) is 4.79 Å². The first-order valence-corrected chi connectivity index (χ1v) is 15.6. The number of anilines is 2. The van der Waals surface area contributed by atoms with E-state index in [0.717, 1.165) is 33.6 Å². The minimum atomic E-state index is -0.830. The first-order valence-electron chi connectivity index (χ1n) is 14.8. The molecule has 1 aliphatic carbocycles. The summed E-state index contributed by atoms with van der Waals surface area (Å²) in [5, 5.41) is 1.28. The zero-order valence-corrected chi connectivity index (χ0v) is 26.1. The van der Waals surface area contributed by atoms with E-state index in [0.29, 0.717) is 15.6 Å². The van der Waals surface area contributed by atoms with Crippen molar-refractivity contribution in [2.45, 2.75) is 24.8 Å². The van der Waals surface area contributed by atoms with E-state index in [1.54, 1.807) is 12.1 Å². The lowest BCUT2D eigenvalue weighted by Gasteiger charge is -2.53. The van der Waals surface area contributed by atoms with Crippen molar-refractivity contribution in [1.29, 1.82) is 0 Å². The molecule has 0 N–H and O–H groups in total. The van der Waals surface area contributed by atoms with Gasteiger partial charge in [-0.2, -0.15) is 0 Å². The Bertz CT molecular complexity index is 1910. The monoisotopic (exact) mass is 611 g/mol. The second-order valence-corrected chi connectivity index (χ2v) is 12.9. The molecule has 1 aliphatic heterocycles.